The van der Waals surface area contributed by atoms with E-state index in [1.54, 1.807) is 13.1 Å². The third-order valence-corrected chi connectivity index (χ3v) is 7.85. The molecule has 1 aliphatic rings. The summed E-state index contributed by atoms with van der Waals surface area (Å²) in [5.74, 6) is -0.642. The van der Waals surface area contributed by atoms with Crippen LogP contribution in [0.3, 0.4) is 0 Å². The summed E-state index contributed by atoms with van der Waals surface area (Å²) in [5, 5.41) is 41.9. The van der Waals surface area contributed by atoms with Crippen molar-refractivity contribution >= 4 is 39.2 Å². The molecule has 0 spiro atoms. The predicted octanol–water partition coefficient (Wildman–Crippen LogP) is 1.62. The summed E-state index contributed by atoms with van der Waals surface area (Å²) in [4.78, 5) is 30.8. The molecular formula is C26H37N7O5S. The molecular weight excluding hydrogens is 522 g/mol. The molecule has 1 saturated carbocycles. The molecule has 39 heavy (non-hydrogen) atoms. The summed E-state index contributed by atoms with van der Waals surface area (Å²) in [7, 11) is 0. The van der Waals surface area contributed by atoms with Crippen molar-refractivity contribution in [1.29, 1.82) is 0 Å². The first-order chi connectivity index (χ1) is 18.6. The summed E-state index contributed by atoms with van der Waals surface area (Å²) in [6, 6.07) is 1.16. The van der Waals surface area contributed by atoms with Crippen molar-refractivity contribution in [2.45, 2.75) is 71.4 Å². The number of aromatic nitrogens is 4. The van der Waals surface area contributed by atoms with Crippen LogP contribution in [0.1, 0.15) is 38.6 Å². The molecule has 1 unspecified atom stereocenters. The number of pyridine rings is 1. The number of carbonyl (C=O) groups excluding carboxylic acids is 1. The van der Waals surface area contributed by atoms with Crippen LogP contribution in [-0.2, 0) is 9.53 Å². The van der Waals surface area contributed by atoms with Crippen LogP contribution in [0.15, 0.2) is 12.3 Å². The van der Waals surface area contributed by atoms with Gasteiger partial charge in [-0.2, -0.15) is 4.98 Å². The third-order valence-electron chi connectivity index (χ3n) is 6.82. The van der Waals surface area contributed by atoms with Crippen molar-refractivity contribution in [3.05, 3.63) is 23.7 Å². The maximum atomic E-state index is 12.2. The van der Waals surface area contributed by atoms with Gasteiger partial charge in [-0.05, 0) is 47.1 Å². The number of carbonyl (C=O) groups is 1. The summed E-state index contributed by atoms with van der Waals surface area (Å²) in [6.07, 6.45) is -2.10. The standard InChI is InChI=1S/C26H37N7O5S/c1-6-27-24(37)21(35)15-10-16(22(36)20(15)34)31-23-18(25-32-19-14(5)28-9-8-17(19)39-25)13(4)30-26(33-23)29-12(3)11-38-7-2/h8-9,12,15-16,20-22,34-36H,6-7,10-11H2,1-5H3,(H,27,37)(H2,29,30,31,33)/t12-,15+,16-,20-,21?,22+/m1/s1. The van der Waals surface area contributed by atoms with Gasteiger partial charge in [-0.1, -0.05) is 0 Å². The molecule has 1 aliphatic carbocycles. The van der Waals surface area contributed by atoms with Gasteiger partial charge in [0.05, 0.1) is 40.4 Å². The van der Waals surface area contributed by atoms with Gasteiger partial charge >= 0.3 is 0 Å². The van der Waals surface area contributed by atoms with E-state index in [-0.39, 0.29) is 12.5 Å². The second-order valence-electron chi connectivity index (χ2n) is 9.79. The van der Waals surface area contributed by atoms with Gasteiger partial charge in [0.1, 0.15) is 28.6 Å². The largest absolute Gasteiger partial charge is 0.390 e. The highest BCUT2D eigenvalue weighted by Gasteiger charge is 2.47. The lowest BCUT2D eigenvalue weighted by molar-refractivity contribution is -0.134. The third kappa shape index (κ3) is 6.28. The molecule has 6 N–H and O–H groups in total. The Balaban J connectivity index is 1.70. The molecule has 0 bridgehead atoms. The molecule has 1 amide bonds. The summed E-state index contributed by atoms with van der Waals surface area (Å²) < 4.78 is 6.47. The van der Waals surface area contributed by atoms with Crippen LogP contribution in [0.2, 0.25) is 0 Å². The minimum atomic E-state index is -1.45. The minimum absolute atomic E-state index is 0.0604. The summed E-state index contributed by atoms with van der Waals surface area (Å²) >= 11 is 1.48. The number of nitrogens with one attached hydrogen (secondary N) is 3. The Hall–Kier alpha value is -2.97. The van der Waals surface area contributed by atoms with E-state index in [1.807, 2.05) is 33.8 Å². The zero-order valence-electron chi connectivity index (χ0n) is 22.8. The van der Waals surface area contributed by atoms with Crippen molar-refractivity contribution in [2.75, 3.05) is 30.4 Å². The number of fused-ring (bicyclic) bond motifs is 1. The van der Waals surface area contributed by atoms with E-state index < -0.39 is 36.2 Å². The SMILES string of the molecule is CCNC(=O)C(O)[C@H]1C[C@@H](Nc2nc(N[C@H](C)COCC)nc(C)c2-c2nc3c(C)nccc3s2)[C@H](O)[C@@H]1O. The number of hydrogen-bond acceptors (Lipinski definition) is 12. The molecule has 3 heterocycles. The van der Waals surface area contributed by atoms with Gasteiger partial charge in [0.25, 0.3) is 0 Å². The number of ether oxygens (including phenoxy) is 1. The van der Waals surface area contributed by atoms with Gasteiger partial charge in [-0.3, -0.25) is 9.78 Å². The average Bonchev–Trinajstić information content (AvgIpc) is 3.44. The lowest BCUT2D eigenvalue weighted by Crippen LogP contribution is -2.43. The molecule has 0 aromatic carbocycles. The van der Waals surface area contributed by atoms with E-state index in [4.69, 9.17) is 14.7 Å². The Morgan fingerprint density at radius 3 is 2.64 bits per heavy atom. The van der Waals surface area contributed by atoms with Gasteiger partial charge in [0.15, 0.2) is 0 Å². The topological polar surface area (TPSA) is 175 Å². The number of rotatable bonds is 11. The van der Waals surface area contributed by atoms with Gasteiger partial charge in [-0.15, -0.1) is 11.3 Å². The highest BCUT2D eigenvalue weighted by molar-refractivity contribution is 7.21. The zero-order valence-corrected chi connectivity index (χ0v) is 23.6. The van der Waals surface area contributed by atoms with Crippen LogP contribution in [0.5, 0.6) is 0 Å². The molecule has 13 heteroatoms. The number of likely N-dealkylation sites (N-methyl/N-ethyl adjacent to an activating group) is 1. The summed E-state index contributed by atoms with van der Waals surface area (Å²) in [6.45, 7) is 10.8. The van der Waals surface area contributed by atoms with Crippen molar-refractivity contribution in [3.63, 3.8) is 0 Å². The van der Waals surface area contributed by atoms with Crippen molar-refractivity contribution < 1.29 is 24.9 Å². The zero-order chi connectivity index (χ0) is 28.3. The lowest BCUT2D eigenvalue weighted by Gasteiger charge is -2.22. The smallest absolute Gasteiger partial charge is 0.249 e. The number of aryl methyl sites for hydroxylation is 2. The minimum Gasteiger partial charge on any atom is -0.390 e. The van der Waals surface area contributed by atoms with Crippen LogP contribution in [0.4, 0.5) is 11.8 Å². The molecule has 0 radical (unpaired) electrons. The Morgan fingerprint density at radius 1 is 1.18 bits per heavy atom. The number of anilines is 2. The average molecular weight is 560 g/mol. The molecule has 0 saturated heterocycles. The van der Waals surface area contributed by atoms with E-state index in [0.717, 1.165) is 15.9 Å². The van der Waals surface area contributed by atoms with Crippen LogP contribution < -0.4 is 16.0 Å². The van der Waals surface area contributed by atoms with Gasteiger partial charge < -0.3 is 36.0 Å². The van der Waals surface area contributed by atoms with E-state index in [1.165, 1.54) is 11.3 Å². The molecule has 12 nitrogen and oxygen atoms in total. The molecule has 3 aromatic rings. The Labute approximate surface area is 231 Å². The summed E-state index contributed by atoms with van der Waals surface area (Å²) in [5.41, 5.74) is 2.92. The first-order valence-corrected chi connectivity index (χ1v) is 14.0. The number of hydrogen-bond donors (Lipinski definition) is 6. The number of amides is 1. The Kier molecular flexibility index (Phi) is 9.28. The predicted molar refractivity (Wildman–Crippen MR) is 150 cm³/mol. The molecule has 212 valence electrons. The van der Waals surface area contributed by atoms with E-state index in [0.29, 0.717) is 47.8 Å². The first kappa shape index (κ1) is 29.0. The maximum Gasteiger partial charge on any atom is 0.249 e. The van der Waals surface area contributed by atoms with Crippen LogP contribution in [-0.4, -0.2) is 91.3 Å². The number of thiazole rings is 1. The number of aliphatic hydroxyl groups is 3. The fraction of sp³-hybridized carbons (Fsp3) is 0.577. The molecule has 6 atom stereocenters. The van der Waals surface area contributed by atoms with Crippen LogP contribution in [0.25, 0.3) is 20.8 Å². The van der Waals surface area contributed by atoms with Crippen molar-refractivity contribution in [3.8, 4) is 10.6 Å². The number of nitrogens with zero attached hydrogens (tertiary/aromatic N) is 4. The second kappa shape index (κ2) is 12.5. The van der Waals surface area contributed by atoms with Gasteiger partial charge in [0, 0.05) is 31.3 Å². The van der Waals surface area contributed by atoms with Crippen LogP contribution in [0, 0.1) is 19.8 Å². The van der Waals surface area contributed by atoms with E-state index >= 15 is 0 Å². The second-order valence-corrected chi connectivity index (χ2v) is 10.8. The highest BCUT2D eigenvalue weighted by Crippen LogP contribution is 2.39. The lowest BCUT2D eigenvalue weighted by atomic mass is 9.97. The van der Waals surface area contributed by atoms with Gasteiger partial charge in [-0.25, -0.2) is 9.97 Å². The monoisotopic (exact) mass is 559 g/mol. The molecule has 1 fully saturated rings. The Bertz CT molecular complexity index is 1310. The van der Waals surface area contributed by atoms with Gasteiger partial charge in [0.2, 0.25) is 11.9 Å². The van der Waals surface area contributed by atoms with Crippen molar-refractivity contribution in [2.24, 2.45) is 5.92 Å². The van der Waals surface area contributed by atoms with Crippen molar-refractivity contribution in [1.82, 2.24) is 25.3 Å². The fourth-order valence-corrected chi connectivity index (χ4v) is 5.93. The quantitative estimate of drug-likeness (QED) is 0.201. The molecule has 0 aliphatic heterocycles. The molecule has 3 aromatic heterocycles. The first-order valence-electron chi connectivity index (χ1n) is 13.2. The highest BCUT2D eigenvalue weighted by atomic mass is 32.1. The fourth-order valence-electron chi connectivity index (χ4n) is 4.82. The maximum absolute atomic E-state index is 12.2. The van der Waals surface area contributed by atoms with E-state index in [9.17, 15) is 20.1 Å². The van der Waals surface area contributed by atoms with Crippen LogP contribution >= 0.6 is 11.3 Å². The number of aliphatic hydroxyl groups excluding tert-OH is 3. The normalized spacial score (nSPS) is 22.6. The Morgan fingerprint density at radius 2 is 1.95 bits per heavy atom. The van der Waals surface area contributed by atoms with E-state index in [2.05, 4.69) is 25.9 Å². The molecule has 4 rings (SSSR count).